The summed E-state index contributed by atoms with van der Waals surface area (Å²) in [4.78, 5) is 12.0. The van der Waals surface area contributed by atoms with Crippen LogP contribution >= 0.6 is 0 Å². The molecule has 0 aromatic heterocycles. The van der Waals surface area contributed by atoms with Gasteiger partial charge in [0.15, 0.2) is 0 Å². The van der Waals surface area contributed by atoms with Crippen LogP contribution in [0.1, 0.15) is 36.8 Å². The number of amides is 1. The SMILES string of the molecule is Cc1cc(F)ccc1CCNC(=O)C1CCCCCN1. The van der Waals surface area contributed by atoms with Crippen LogP contribution in [0.4, 0.5) is 4.39 Å². The lowest BCUT2D eigenvalue weighted by atomic mass is 10.1. The smallest absolute Gasteiger partial charge is 0.237 e. The molecule has 1 aromatic rings. The maximum atomic E-state index is 13.0. The number of rotatable bonds is 4. The molecule has 2 N–H and O–H groups in total. The van der Waals surface area contributed by atoms with Crippen LogP contribution in [-0.2, 0) is 11.2 Å². The van der Waals surface area contributed by atoms with Crippen LogP contribution in [-0.4, -0.2) is 25.0 Å². The summed E-state index contributed by atoms with van der Waals surface area (Å²) in [6, 6.07) is 4.74. The predicted molar refractivity (Wildman–Crippen MR) is 78.1 cm³/mol. The molecule has 1 aromatic carbocycles. The third-order valence-corrected chi connectivity index (χ3v) is 3.88. The molecule has 3 nitrogen and oxygen atoms in total. The fraction of sp³-hybridized carbons (Fsp3) is 0.562. The Labute approximate surface area is 120 Å². The zero-order chi connectivity index (χ0) is 14.4. The van der Waals surface area contributed by atoms with Crippen LogP contribution < -0.4 is 10.6 Å². The van der Waals surface area contributed by atoms with E-state index in [0.717, 1.165) is 43.4 Å². The van der Waals surface area contributed by atoms with E-state index in [4.69, 9.17) is 0 Å². The van der Waals surface area contributed by atoms with E-state index in [1.165, 1.54) is 18.6 Å². The quantitative estimate of drug-likeness (QED) is 0.887. The number of carbonyl (C=O) groups is 1. The van der Waals surface area contributed by atoms with Crippen LogP contribution in [0.25, 0.3) is 0 Å². The van der Waals surface area contributed by atoms with Crippen LogP contribution in [0.15, 0.2) is 18.2 Å². The second kappa shape index (κ2) is 7.39. The maximum absolute atomic E-state index is 13.0. The molecule has 1 unspecified atom stereocenters. The molecule has 2 rings (SSSR count). The highest BCUT2D eigenvalue weighted by Gasteiger charge is 2.18. The van der Waals surface area contributed by atoms with Crippen molar-refractivity contribution in [1.82, 2.24) is 10.6 Å². The molecule has 0 saturated carbocycles. The molecule has 110 valence electrons. The molecule has 0 bridgehead atoms. The monoisotopic (exact) mass is 278 g/mol. The van der Waals surface area contributed by atoms with Crippen molar-refractivity contribution in [2.24, 2.45) is 0 Å². The van der Waals surface area contributed by atoms with Gasteiger partial charge in [-0.2, -0.15) is 0 Å². The van der Waals surface area contributed by atoms with Gasteiger partial charge in [0.2, 0.25) is 5.91 Å². The van der Waals surface area contributed by atoms with Crippen LogP contribution in [0.5, 0.6) is 0 Å². The van der Waals surface area contributed by atoms with E-state index < -0.39 is 0 Å². The summed E-state index contributed by atoms with van der Waals surface area (Å²) < 4.78 is 13.0. The summed E-state index contributed by atoms with van der Waals surface area (Å²) >= 11 is 0. The van der Waals surface area contributed by atoms with E-state index in [-0.39, 0.29) is 17.8 Å². The van der Waals surface area contributed by atoms with Gasteiger partial charge in [0.1, 0.15) is 5.82 Å². The first-order valence-corrected chi connectivity index (χ1v) is 7.43. The van der Waals surface area contributed by atoms with E-state index >= 15 is 0 Å². The van der Waals surface area contributed by atoms with E-state index in [0.29, 0.717) is 6.54 Å². The van der Waals surface area contributed by atoms with E-state index in [9.17, 15) is 9.18 Å². The van der Waals surface area contributed by atoms with Gasteiger partial charge in [-0.15, -0.1) is 0 Å². The summed E-state index contributed by atoms with van der Waals surface area (Å²) in [5.41, 5.74) is 2.02. The second-order valence-electron chi connectivity index (χ2n) is 5.47. The topological polar surface area (TPSA) is 41.1 Å². The fourth-order valence-electron chi connectivity index (χ4n) is 2.64. The molecule has 1 amide bonds. The minimum absolute atomic E-state index is 0.0492. The first kappa shape index (κ1) is 15.0. The lowest BCUT2D eigenvalue weighted by Crippen LogP contribution is -2.44. The van der Waals surface area contributed by atoms with Gasteiger partial charge in [0, 0.05) is 6.54 Å². The number of benzene rings is 1. The number of hydrogen-bond acceptors (Lipinski definition) is 2. The molecule has 4 heteroatoms. The van der Waals surface area contributed by atoms with E-state index in [1.54, 1.807) is 6.07 Å². The number of nitrogens with one attached hydrogen (secondary N) is 2. The third-order valence-electron chi connectivity index (χ3n) is 3.88. The minimum Gasteiger partial charge on any atom is -0.354 e. The maximum Gasteiger partial charge on any atom is 0.237 e. The zero-order valence-electron chi connectivity index (χ0n) is 12.0. The largest absolute Gasteiger partial charge is 0.354 e. The lowest BCUT2D eigenvalue weighted by molar-refractivity contribution is -0.123. The van der Waals surface area contributed by atoms with Gasteiger partial charge in [-0.3, -0.25) is 4.79 Å². The molecule has 0 radical (unpaired) electrons. The van der Waals surface area contributed by atoms with Gasteiger partial charge < -0.3 is 10.6 Å². The molecule has 1 aliphatic rings. The number of hydrogen-bond donors (Lipinski definition) is 2. The molecule has 0 spiro atoms. The van der Waals surface area contributed by atoms with Crippen molar-refractivity contribution in [3.05, 3.63) is 35.1 Å². The normalized spacial score (nSPS) is 19.4. The Morgan fingerprint density at radius 3 is 3.05 bits per heavy atom. The van der Waals surface area contributed by atoms with Gasteiger partial charge >= 0.3 is 0 Å². The molecular formula is C16H23FN2O. The Morgan fingerprint density at radius 2 is 2.25 bits per heavy atom. The summed E-state index contributed by atoms with van der Waals surface area (Å²) in [6.45, 7) is 3.42. The van der Waals surface area contributed by atoms with Crippen LogP contribution in [0.3, 0.4) is 0 Å². The summed E-state index contributed by atoms with van der Waals surface area (Å²) in [7, 11) is 0. The Bertz CT molecular complexity index is 454. The van der Waals surface area contributed by atoms with Crippen molar-refractivity contribution in [3.63, 3.8) is 0 Å². The first-order chi connectivity index (χ1) is 9.66. The van der Waals surface area contributed by atoms with Crippen molar-refractivity contribution in [2.75, 3.05) is 13.1 Å². The molecule has 20 heavy (non-hydrogen) atoms. The average molecular weight is 278 g/mol. The number of halogens is 1. The van der Waals surface area contributed by atoms with Crippen molar-refractivity contribution in [1.29, 1.82) is 0 Å². The summed E-state index contributed by atoms with van der Waals surface area (Å²) in [6.07, 6.45) is 5.12. The highest BCUT2D eigenvalue weighted by molar-refractivity contribution is 5.81. The van der Waals surface area contributed by atoms with Crippen molar-refractivity contribution >= 4 is 5.91 Å². The van der Waals surface area contributed by atoms with Gasteiger partial charge in [-0.25, -0.2) is 4.39 Å². The third kappa shape index (κ3) is 4.30. The number of aryl methyl sites for hydroxylation is 1. The predicted octanol–water partition coefficient (Wildman–Crippen LogP) is 2.33. The highest BCUT2D eigenvalue weighted by atomic mass is 19.1. The van der Waals surface area contributed by atoms with Gasteiger partial charge in [0.25, 0.3) is 0 Å². The number of carbonyl (C=O) groups excluding carboxylic acids is 1. The summed E-state index contributed by atoms with van der Waals surface area (Å²) in [5, 5.41) is 6.26. The second-order valence-corrected chi connectivity index (χ2v) is 5.47. The zero-order valence-corrected chi connectivity index (χ0v) is 12.0. The standard InChI is InChI=1S/C16H23FN2O/c1-12-11-14(17)7-6-13(12)8-10-19-16(20)15-5-3-2-4-9-18-15/h6-7,11,15,18H,2-5,8-10H2,1H3,(H,19,20). The van der Waals surface area contributed by atoms with Crippen molar-refractivity contribution in [2.45, 2.75) is 45.1 Å². The average Bonchev–Trinajstić information content (AvgIpc) is 2.70. The molecule has 1 fully saturated rings. The summed E-state index contributed by atoms with van der Waals surface area (Å²) in [5.74, 6) is -0.121. The first-order valence-electron chi connectivity index (χ1n) is 7.43. The highest BCUT2D eigenvalue weighted by Crippen LogP contribution is 2.11. The van der Waals surface area contributed by atoms with Gasteiger partial charge in [-0.05, 0) is 56.0 Å². The van der Waals surface area contributed by atoms with E-state index in [2.05, 4.69) is 10.6 Å². The van der Waals surface area contributed by atoms with E-state index in [1.807, 2.05) is 6.92 Å². The molecule has 1 saturated heterocycles. The Hall–Kier alpha value is -1.42. The van der Waals surface area contributed by atoms with Gasteiger partial charge in [-0.1, -0.05) is 18.9 Å². The van der Waals surface area contributed by atoms with Crippen LogP contribution in [0.2, 0.25) is 0 Å². The Balaban J connectivity index is 1.78. The van der Waals surface area contributed by atoms with Crippen molar-refractivity contribution in [3.8, 4) is 0 Å². The molecule has 1 atom stereocenters. The van der Waals surface area contributed by atoms with Gasteiger partial charge in [0.05, 0.1) is 6.04 Å². The van der Waals surface area contributed by atoms with Crippen LogP contribution in [0, 0.1) is 12.7 Å². The Kier molecular flexibility index (Phi) is 5.53. The molecular weight excluding hydrogens is 255 g/mol. The molecule has 1 aliphatic heterocycles. The Morgan fingerprint density at radius 1 is 1.40 bits per heavy atom. The lowest BCUT2D eigenvalue weighted by Gasteiger charge is -2.15. The molecule has 0 aliphatic carbocycles. The van der Waals surface area contributed by atoms with Crippen molar-refractivity contribution < 1.29 is 9.18 Å². The molecule has 1 heterocycles. The fourth-order valence-corrected chi connectivity index (χ4v) is 2.64. The minimum atomic E-state index is -0.210.